The van der Waals surface area contributed by atoms with Gasteiger partial charge >= 0.3 is 12.0 Å². The largest absolute Gasteiger partial charge is 0.496 e. The summed E-state index contributed by atoms with van der Waals surface area (Å²) in [4.78, 5) is 22.9. The van der Waals surface area contributed by atoms with Gasteiger partial charge in [0, 0.05) is 17.8 Å². The molecule has 0 atom stereocenters. The van der Waals surface area contributed by atoms with Gasteiger partial charge in [-0.25, -0.2) is 9.59 Å². The molecule has 21 heavy (non-hydrogen) atoms. The Morgan fingerprint density at radius 1 is 1.33 bits per heavy atom. The number of urea groups is 1. The fourth-order valence-corrected chi connectivity index (χ4v) is 2.26. The minimum absolute atomic E-state index is 0.0572. The molecule has 1 aliphatic heterocycles. The predicted octanol–water partition coefficient (Wildman–Crippen LogP) is 1.27. The van der Waals surface area contributed by atoms with Crippen molar-refractivity contribution < 1.29 is 19.4 Å². The third-order valence-corrected chi connectivity index (χ3v) is 3.36. The fourth-order valence-electron chi connectivity index (χ4n) is 2.26. The summed E-state index contributed by atoms with van der Waals surface area (Å²) in [6.07, 6.45) is 1.80. The lowest BCUT2D eigenvalue weighted by atomic mass is 10.1. The SMILES string of the molecule is COc1cc(NC(=O)NC2CCNCC2)ccc1C(=O)O. The van der Waals surface area contributed by atoms with Crippen LogP contribution in [0.1, 0.15) is 23.2 Å². The number of piperidine rings is 1. The summed E-state index contributed by atoms with van der Waals surface area (Å²) >= 11 is 0. The lowest BCUT2D eigenvalue weighted by Gasteiger charge is -2.23. The Morgan fingerprint density at radius 2 is 2.05 bits per heavy atom. The zero-order valence-electron chi connectivity index (χ0n) is 11.8. The van der Waals surface area contributed by atoms with E-state index in [0.717, 1.165) is 25.9 Å². The molecule has 1 saturated heterocycles. The summed E-state index contributed by atoms with van der Waals surface area (Å²) < 4.78 is 5.02. The molecule has 0 bridgehead atoms. The molecule has 0 saturated carbocycles. The van der Waals surface area contributed by atoms with E-state index in [1.54, 1.807) is 0 Å². The Bertz CT molecular complexity index is 527. The highest BCUT2D eigenvalue weighted by molar-refractivity contribution is 5.94. The number of hydrogen-bond donors (Lipinski definition) is 4. The van der Waals surface area contributed by atoms with E-state index in [2.05, 4.69) is 16.0 Å². The lowest BCUT2D eigenvalue weighted by Crippen LogP contribution is -2.44. The van der Waals surface area contributed by atoms with Crippen molar-refractivity contribution in [3.05, 3.63) is 23.8 Å². The zero-order chi connectivity index (χ0) is 15.2. The van der Waals surface area contributed by atoms with Crippen molar-refractivity contribution in [2.45, 2.75) is 18.9 Å². The number of nitrogens with one attached hydrogen (secondary N) is 3. The van der Waals surface area contributed by atoms with Gasteiger partial charge < -0.3 is 25.8 Å². The fraction of sp³-hybridized carbons (Fsp3) is 0.429. The van der Waals surface area contributed by atoms with E-state index in [4.69, 9.17) is 9.84 Å². The van der Waals surface area contributed by atoms with Gasteiger partial charge in [-0.15, -0.1) is 0 Å². The van der Waals surface area contributed by atoms with Gasteiger partial charge in [0.15, 0.2) is 0 Å². The van der Waals surface area contributed by atoms with Crippen LogP contribution in [0.3, 0.4) is 0 Å². The minimum Gasteiger partial charge on any atom is -0.496 e. The van der Waals surface area contributed by atoms with Crippen LogP contribution in [0.25, 0.3) is 0 Å². The normalized spacial score (nSPS) is 15.3. The summed E-state index contributed by atoms with van der Waals surface area (Å²) in [7, 11) is 1.39. The van der Waals surface area contributed by atoms with Crippen LogP contribution in [-0.2, 0) is 0 Å². The molecule has 2 amide bonds. The van der Waals surface area contributed by atoms with E-state index in [9.17, 15) is 9.59 Å². The van der Waals surface area contributed by atoms with E-state index in [1.807, 2.05) is 0 Å². The maximum atomic E-state index is 11.9. The number of ether oxygens (including phenoxy) is 1. The number of carboxylic acid groups (broad SMARTS) is 1. The van der Waals surface area contributed by atoms with Gasteiger partial charge in [0.05, 0.1) is 7.11 Å². The number of benzene rings is 1. The van der Waals surface area contributed by atoms with Crippen molar-refractivity contribution >= 4 is 17.7 Å². The average Bonchev–Trinajstić information content (AvgIpc) is 2.47. The van der Waals surface area contributed by atoms with E-state index >= 15 is 0 Å². The molecule has 2 rings (SSSR count). The van der Waals surface area contributed by atoms with Crippen LogP contribution in [-0.4, -0.2) is 43.3 Å². The Hall–Kier alpha value is -2.28. The molecule has 1 aromatic carbocycles. The molecule has 114 valence electrons. The molecule has 7 nitrogen and oxygen atoms in total. The van der Waals surface area contributed by atoms with E-state index in [-0.39, 0.29) is 23.4 Å². The molecule has 0 spiro atoms. The lowest BCUT2D eigenvalue weighted by molar-refractivity contribution is 0.0693. The zero-order valence-corrected chi connectivity index (χ0v) is 11.8. The van der Waals surface area contributed by atoms with Gasteiger partial charge in [-0.05, 0) is 38.1 Å². The van der Waals surface area contributed by atoms with Gasteiger partial charge in [-0.2, -0.15) is 0 Å². The van der Waals surface area contributed by atoms with Crippen LogP contribution in [0.4, 0.5) is 10.5 Å². The van der Waals surface area contributed by atoms with E-state index < -0.39 is 5.97 Å². The maximum Gasteiger partial charge on any atom is 0.339 e. The van der Waals surface area contributed by atoms with E-state index in [0.29, 0.717) is 5.69 Å². The second-order valence-electron chi connectivity index (χ2n) is 4.84. The molecule has 0 radical (unpaired) electrons. The molecule has 1 fully saturated rings. The number of carboxylic acids is 1. The molecule has 4 N–H and O–H groups in total. The van der Waals surface area contributed by atoms with Crippen molar-refractivity contribution in [3.63, 3.8) is 0 Å². The van der Waals surface area contributed by atoms with Crippen LogP contribution < -0.4 is 20.7 Å². The minimum atomic E-state index is -1.07. The Balaban J connectivity index is 1.98. The van der Waals surface area contributed by atoms with Crippen molar-refractivity contribution in [2.75, 3.05) is 25.5 Å². The summed E-state index contributed by atoms with van der Waals surface area (Å²) in [6.45, 7) is 1.79. The molecule has 7 heteroatoms. The summed E-state index contributed by atoms with van der Waals surface area (Å²) in [5, 5.41) is 17.8. The number of aromatic carboxylic acids is 1. The van der Waals surface area contributed by atoms with Crippen molar-refractivity contribution in [1.82, 2.24) is 10.6 Å². The second-order valence-corrected chi connectivity index (χ2v) is 4.84. The van der Waals surface area contributed by atoms with Gasteiger partial charge in [0.1, 0.15) is 11.3 Å². The Kier molecular flexibility index (Phi) is 4.99. The number of carbonyl (C=O) groups is 2. The van der Waals surface area contributed by atoms with E-state index in [1.165, 1.54) is 25.3 Å². The van der Waals surface area contributed by atoms with Gasteiger partial charge in [0.25, 0.3) is 0 Å². The molecular formula is C14H19N3O4. The van der Waals surface area contributed by atoms with Crippen molar-refractivity contribution in [3.8, 4) is 5.75 Å². The van der Waals surface area contributed by atoms with Crippen LogP contribution in [0.2, 0.25) is 0 Å². The third-order valence-electron chi connectivity index (χ3n) is 3.36. The highest BCUT2D eigenvalue weighted by atomic mass is 16.5. The molecular weight excluding hydrogens is 274 g/mol. The van der Waals surface area contributed by atoms with Gasteiger partial charge in [-0.3, -0.25) is 0 Å². The van der Waals surface area contributed by atoms with Crippen molar-refractivity contribution in [2.24, 2.45) is 0 Å². The molecule has 1 aromatic rings. The summed E-state index contributed by atoms with van der Waals surface area (Å²) in [5.41, 5.74) is 0.546. The first-order valence-electron chi connectivity index (χ1n) is 6.79. The number of hydrogen-bond acceptors (Lipinski definition) is 4. The first-order chi connectivity index (χ1) is 10.1. The van der Waals surface area contributed by atoms with Crippen LogP contribution in [0.15, 0.2) is 18.2 Å². The van der Waals surface area contributed by atoms with Crippen molar-refractivity contribution in [1.29, 1.82) is 0 Å². The molecule has 1 heterocycles. The number of carbonyl (C=O) groups excluding carboxylic acids is 1. The number of amides is 2. The topological polar surface area (TPSA) is 99.7 Å². The first-order valence-corrected chi connectivity index (χ1v) is 6.79. The number of rotatable bonds is 4. The molecule has 1 aliphatic rings. The monoisotopic (exact) mass is 293 g/mol. The quantitative estimate of drug-likeness (QED) is 0.670. The van der Waals surface area contributed by atoms with Crippen LogP contribution in [0.5, 0.6) is 5.75 Å². The predicted molar refractivity (Wildman–Crippen MR) is 78.0 cm³/mol. The number of methoxy groups -OCH3 is 1. The standard InChI is InChI=1S/C14H19N3O4/c1-21-12-8-10(2-3-11(12)13(18)19)17-14(20)16-9-4-6-15-7-5-9/h2-3,8-9,15H,4-7H2,1H3,(H,18,19)(H2,16,17,20). The Labute approximate surface area is 122 Å². The van der Waals surface area contributed by atoms with Gasteiger partial charge in [0.2, 0.25) is 0 Å². The average molecular weight is 293 g/mol. The van der Waals surface area contributed by atoms with Crippen LogP contribution in [0, 0.1) is 0 Å². The maximum absolute atomic E-state index is 11.9. The second kappa shape index (κ2) is 6.94. The molecule has 0 unspecified atom stereocenters. The van der Waals surface area contributed by atoms with Crippen LogP contribution >= 0.6 is 0 Å². The summed E-state index contributed by atoms with van der Waals surface area (Å²) in [5.74, 6) is -0.861. The highest BCUT2D eigenvalue weighted by Crippen LogP contribution is 2.23. The molecule has 0 aliphatic carbocycles. The Morgan fingerprint density at radius 3 is 2.67 bits per heavy atom. The van der Waals surface area contributed by atoms with Gasteiger partial charge in [-0.1, -0.05) is 0 Å². The highest BCUT2D eigenvalue weighted by Gasteiger charge is 2.16. The number of anilines is 1. The third kappa shape index (κ3) is 4.09. The first kappa shape index (κ1) is 15.1. The summed E-state index contributed by atoms with van der Waals surface area (Å²) in [6, 6.07) is 4.29. The molecule has 0 aromatic heterocycles. The smallest absolute Gasteiger partial charge is 0.339 e.